The topological polar surface area (TPSA) is 79.6 Å². The molecule has 0 aliphatic carbocycles. The normalized spacial score (nSPS) is 14.2. The second-order valence-corrected chi connectivity index (χ2v) is 8.85. The molecule has 1 amide bonds. The fourth-order valence-corrected chi connectivity index (χ4v) is 4.74. The number of nitrogens with zero attached hydrogens (tertiary/aromatic N) is 1. The Balaban J connectivity index is 1.70. The van der Waals surface area contributed by atoms with Crippen molar-refractivity contribution >= 4 is 38.3 Å². The van der Waals surface area contributed by atoms with E-state index in [1.807, 2.05) is 13.8 Å². The Labute approximate surface area is 164 Å². The molecule has 0 saturated carbocycles. The maximum absolute atomic E-state index is 13.0. The summed E-state index contributed by atoms with van der Waals surface area (Å²) < 4.78 is 34.2. The highest BCUT2D eigenvalue weighted by molar-refractivity contribution is 7.92. The van der Waals surface area contributed by atoms with E-state index in [2.05, 4.69) is 4.72 Å². The Morgan fingerprint density at radius 3 is 2.68 bits per heavy atom. The average Bonchev–Trinajstić information content (AvgIpc) is 2.94. The molecule has 28 heavy (non-hydrogen) atoms. The zero-order valence-electron chi connectivity index (χ0n) is 16.1. The molecule has 0 spiro atoms. The Morgan fingerprint density at radius 2 is 1.93 bits per heavy atom. The van der Waals surface area contributed by atoms with Crippen LogP contribution in [0, 0.1) is 13.8 Å². The van der Waals surface area contributed by atoms with Gasteiger partial charge in [-0.1, -0.05) is 6.07 Å². The number of aryl methyl sites for hydroxylation is 3. The number of hydrogen-bond acceptors (Lipinski definition) is 4. The number of hydrogen-bond donors (Lipinski definition) is 1. The first-order valence-corrected chi connectivity index (χ1v) is 10.7. The maximum Gasteiger partial charge on any atom is 0.261 e. The molecular weight excluding hydrogens is 376 g/mol. The predicted molar refractivity (Wildman–Crippen MR) is 109 cm³/mol. The quantitative estimate of drug-likeness (QED) is 0.719. The van der Waals surface area contributed by atoms with Crippen molar-refractivity contribution < 1.29 is 17.6 Å². The van der Waals surface area contributed by atoms with E-state index in [1.54, 1.807) is 41.3 Å². The highest BCUT2D eigenvalue weighted by Crippen LogP contribution is 2.32. The summed E-state index contributed by atoms with van der Waals surface area (Å²) in [7, 11) is -3.79. The summed E-state index contributed by atoms with van der Waals surface area (Å²) in [5.74, 6) is 0.730. The molecular formula is C21H22N2O4S. The zero-order valence-corrected chi connectivity index (χ0v) is 16.9. The SMILES string of the molecule is CC(=O)N1CCCc2ccc(S(=O)(=O)Nc3ccc4oc(C)c(C)c4c3)cc21. The molecule has 0 fully saturated rings. The molecule has 4 rings (SSSR count). The number of sulfonamides is 1. The third-order valence-corrected chi connectivity index (χ3v) is 6.67. The number of amides is 1. The summed E-state index contributed by atoms with van der Waals surface area (Å²) in [5.41, 5.74) is 3.85. The van der Waals surface area contributed by atoms with E-state index in [9.17, 15) is 13.2 Å². The van der Waals surface area contributed by atoms with Crippen molar-refractivity contribution in [3.63, 3.8) is 0 Å². The number of carbonyl (C=O) groups excluding carboxylic acids is 1. The number of nitrogens with one attached hydrogen (secondary N) is 1. The van der Waals surface area contributed by atoms with Gasteiger partial charge < -0.3 is 9.32 Å². The first-order valence-electron chi connectivity index (χ1n) is 9.20. The molecule has 2 aromatic carbocycles. The van der Waals surface area contributed by atoms with Crippen molar-refractivity contribution in [2.45, 2.75) is 38.5 Å². The van der Waals surface area contributed by atoms with Crippen LogP contribution >= 0.6 is 0 Å². The molecule has 0 unspecified atom stereocenters. The molecule has 146 valence electrons. The van der Waals surface area contributed by atoms with Crippen LogP contribution in [0.15, 0.2) is 45.7 Å². The highest BCUT2D eigenvalue weighted by atomic mass is 32.2. The van der Waals surface area contributed by atoms with Crippen LogP contribution in [-0.2, 0) is 21.2 Å². The van der Waals surface area contributed by atoms with Crippen molar-refractivity contribution in [3.8, 4) is 0 Å². The molecule has 1 aliphatic rings. The third-order valence-electron chi connectivity index (χ3n) is 5.29. The smallest absolute Gasteiger partial charge is 0.261 e. The van der Waals surface area contributed by atoms with Crippen molar-refractivity contribution in [2.75, 3.05) is 16.2 Å². The molecule has 0 bridgehead atoms. The second-order valence-electron chi connectivity index (χ2n) is 7.16. The van der Waals surface area contributed by atoms with E-state index in [0.29, 0.717) is 17.9 Å². The lowest BCUT2D eigenvalue weighted by molar-refractivity contribution is -0.116. The van der Waals surface area contributed by atoms with Crippen LogP contribution in [0.5, 0.6) is 0 Å². The van der Waals surface area contributed by atoms with Crippen LogP contribution in [0.3, 0.4) is 0 Å². The van der Waals surface area contributed by atoms with E-state index in [4.69, 9.17) is 4.42 Å². The van der Waals surface area contributed by atoms with Crippen LogP contribution in [0.2, 0.25) is 0 Å². The molecule has 0 saturated heterocycles. The van der Waals surface area contributed by atoms with Gasteiger partial charge in [-0.3, -0.25) is 9.52 Å². The Kier molecular flexibility index (Phi) is 4.42. The summed E-state index contributed by atoms with van der Waals surface area (Å²) in [4.78, 5) is 13.7. The largest absolute Gasteiger partial charge is 0.461 e. The first-order chi connectivity index (χ1) is 13.3. The zero-order chi connectivity index (χ0) is 20.1. The number of fused-ring (bicyclic) bond motifs is 2. The number of furan rings is 1. The summed E-state index contributed by atoms with van der Waals surface area (Å²) in [6.07, 6.45) is 1.71. The van der Waals surface area contributed by atoms with Crippen LogP contribution in [0.4, 0.5) is 11.4 Å². The van der Waals surface area contributed by atoms with E-state index < -0.39 is 10.0 Å². The molecule has 1 aromatic heterocycles. The van der Waals surface area contributed by atoms with Crippen LogP contribution in [-0.4, -0.2) is 20.9 Å². The number of benzene rings is 2. The van der Waals surface area contributed by atoms with Gasteiger partial charge in [0.15, 0.2) is 0 Å². The van der Waals surface area contributed by atoms with E-state index in [0.717, 1.165) is 40.7 Å². The Morgan fingerprint density at radius 1 is 1.14 bits per heavy atom. The van der Waals surface area contributed by atoms with Gasteiger partial charge in [0, 0.05) is 30.2 Å². The number of rotatable bonds is 3. The summed E-state index contributed by atoms with van der Waals surface area (Å²) in [5, 5.41) is 0.880. The van der Waals surface area contributed by atoms with Gasteiger partial charge in [0.2, 0.25) is 5.91 Å². The fraction of sp³-hybridized carbons (Fsp3) is 0.286. The molecule has 0 radical (unpaired) electrons. The molecule has 6 nitrogen and oxygen atoms in total. The van der Waals surface area contributed by atoms with Gasteiger partial charge in [-0.05, 0) is 68.1 Å². The molecule has 1 aliphatic heterocycles. The van der Waals surface area contributed by atoms with Crippen LogP contribution in [0.25, 0.3) is 11.0 Å². The number of anilines is 2. The van der Waals surface area contributed by atoms with E-state index >= 15 is 0 Å². The molecule has 1 N–H and O–H groups in total. The van der Waals surface area contributed by atoms with Gasteiger partial charge in [0.1, 0.15) is 11.3 Å². The molecule has 2 heterocycles. The van der Waals surface area contributed by atoms with Crippen molar-refractivity contribution in [3.05, 3.63) is 53.3 Å². The summed E-state index contributed by atoms with van der Waals surface area (Å²) in [6.45, 7) is 5.93. The van der Waals surface area contributed by atoms with Gasteiger partial charge >= 0.3 is 0 Å². The average molecular weight is 398 g/mol. The van der Waals surface area contributed by atoms with Gasteiger partial charge in [0.05, 0.1) is 4.90 Å². The van der Waals surface area contributed by atoms with Gasteiger partial charge in [0.25, 0.3) is 10.0 Å². The van der Waals surface area contributed by atoms with Crippen molar-refractivity contribution in [1.29, 1.82) is 0 Å². The monoisotopic (exact) mass is 398 g/mol. The minimum atomic E-state index is -3.79. The first kappa shape index (κ1) is 18.6. The lowest BCUT2D eigenvalue weighted by atomic mass is 10.0. The van der Waals surface area contributed by atoms with Crippen molar-refractivity contribution in [2.24, 2.45) is 0 Å². The molecule has 3 aromatic rings. The lowest BCUT2D eigenvalue weighted by Gasteiger charge is -2.29. The van der Waals surface area contributed by atoms with Crippen LogP contribution in [0.1, 0.15) is 30.2 Å². The second kappa shape index (κ2) is 6.67. The van der Waals surface area contributed by atoms with Gasteiger partial charge in [-0.15, -0.1) is 0 Å². The van der Waals surface area contributed by atoms with Crippen molar-refractivity contribution in [1.82, 2.24) is 0 Å². The summed E-state index contributed by atoms with van der Waals surface area (Å²) in [6, 6.07) is 10.2. The van der Waals surface area contributed by atoms with Crippen LogP contribution < -0.4 is 9.62 Å². The lowest BCUT2D eigenvalue weighted by Crippen LogP contribution is -2.33. The third kappa shape index (κ3) is 3.16. The Bertz CT molecular complexity index is 1190. The molecule has 7 heteroatoms. The molecule has 0 atom stereocenters. The maximum atomic E-state index is 13.0. The van der Waals surface area contributed by atoms with Gasteiger partial charge in [-0.2, -0.15) is 0 Å². The summed E-state index contributed by atoms with van der Waals surface area (Å²) >= 11 is 0. The predicted octanol–water partition coefficient (Wildman–Crippen LogP) is 4.15. The fourth-order valence-electron chi connectivity index (χ4n) is 3.67. The van der Waals surface area contributed by atoms with E-state index in [-0.39, 0.29) is 10.8 Å². The Hall–Kier alpha value is -2.80. The highest BCUT2D eigenvalue weighted by Gasteiger charge is 2.23. The standard InChI is InChI=1S/C21H22N2O4S/c1-13-14(2)27-21-9-7-17(11-19(13)21)22-28(25,26)18-8-6-16-5-4-10-23(15(3)24)20(16)12-18/h6-9,11-12,22H,4-5,10H2,1-3H3. The van der Waals surface area contributed by atoms with E-state index in [1.165, 1.54) is 6.92 Å². The number of carbonyl (C=O) groups is 1. The van der Waals surface area contributed by atoms with Gasteiger partial charge in [-0.25, -0.2) is 8.42 Å². The minimum absolute atomic E-state index is 0.0836. The minimum Gasteiger partial charge on any atom is -0.461 e.